The molecule has 0 unspecified atom stereocenters. The van der Waals surface area contributed by atoms with Crippen LogP contribution < -0.4 is 0 Å². The average Bonchev–Trinajstić information content (AvgIpc) is 2.95. The molecule has 1 aromatic carbocycles. The van der Waals surface area contributed by atoms with Crippen LogP contribution in [-0.4, -0.2) is 16.5 Å². The second kappa shape index (κ2) is 3.84. The van der Waals surface area contributed by atoms with Gasteiger partial charge in [0.1, 0.15) is 5.58 Å². The SMILES string of the molecule is Cc1n[nH]c(C)c1-c1cc(C=O)c2occc2c1. The summed E-state index contributed by atoms with van der Waals surface area (Å²) in [6.07, 6.45) is 2.41. The van der Waals surface area contributed by atoms with Crippen molar-refractivity contribution in [3.8, 4) is 11.1 Å². The lowest BCUT2D eigenvalue weighted by atomic mass is 10.00. The first-order valence-electron chi connectivity index (χ1n) is 5.69. The van der Waals surface area contributed by atoms with Crippen molar-refractivity contribution < 1.29 is 9.21 Å². The number of H-pyrrole nitrogens is 1. The summed E-state index contributed by atoms with van der Waals surface area (Å²) in [5, 5.41) is 8.06. The van der Waals surface area contributed by atoms with Crippen LogP contribution in [0.1, 0.15) is 21.7 Å². The van der Waals surface area contributed by atoms with E-state index in [0.717, 1.165) is 34.2 Å². The number of fused-ring (bicyclic) bond motifs is 1. The van der Waals surface area contributed by atoms with Gasteiger partial charge in [0.15, 0.2) is 6.29 Å². The lowest BCUT2D eigenvalue weighted by Gasteiger charge is -2.03. The predicted molar refractivity (Wildman–Crippen MR) is 68.7 cm³/mol. The van der Waals surface area contributed by atoms with Gasteiger partial charge >= 0.3 is 0 Å². The van der Waals surface area contributed by atoms with E-state index >= 15 is 0 Å². The topological polar surface area (TPSA) is 58.9 Å². The molecule has 3 aromatic rings. The number of aldehydes is 1. The van der Waals surface area contributed by atoms with Crippen molar-refractivity contribution in [2.45, 2.75) is 13.8 Å². The van der Waals surface area contributed by atoms with E-state index in [1.54, 1.807) is 6.26 Å². The first-order chi connectivity index (χ1) is 8.70. The Morgan fingerprint density at radius 1 is 1.33 bits per heavy atom. The lowest BCUT2D eigenvalue weighted by molar-refractivity contribution is 0.112. The summed E-state index contributed by atoms with van der Waals surface area (Å²) in [5.41, 5.74) is 5.13. The molecule has 0 saturated carbocycles. The molecule has 0 fully saturated rings. The first kappa shape index (κ1) is 10.8. The summed E-state index contributed by atoms with van der Waals surface area (Å²) in [6.45, 7) is 3.91. The fourth-order valence-electron chi connectivity index (χ4n) is 2.32. The number of carbonyl (C=O) groups is 1. The molecule has 0 amide bonds. The summed E-state index contributed by atoms with van der Waals surface area (Å²) < 4.78 is 5.32. The van der Waals surface area contributed by atoms with E-state index in [2.05, 4.69) is 10.2 Å². The summed E-state index contributed by atoms with van der Waals surface area (Å²) in [6, 6.07) is 5.71. The quantitative estimate of drug-likeness (QED) is 0.699. The van der Waals surface area contributed by atoms with E-state index < -0.39 is 0 Å². The van der Waals surface area contributed by atoms with Gasteiger partial charge in [0, 0.05) is 16.6 Å². The van der Waals surface area contributed by atoms with Gasteiger partial charge in [0.05, 0.1) is 17.5 Å². The third kappa shape index (κ3) is 1.46. The molecule has 1 N–H and O–H groups in total. The van der Waals surface area contributed by atoms with Crippen LogP contribution in [0, 0.1) is 13.8 Å². The zero-order valence-corrected chi connectivity index (χ0v) is 10.2. The maximum Gasteiger partial charge on any atom is 0.153 e. The molecule has 0 bridgehead atoms. The zero-order valence-electron chi connectivity index (χ0n) is 10.2. The van der Waals surface area contributed by atoms with Crippen molar-refractivity contribution in [3.63, 3.8) is 0 Å². The maximum absolute atomic E-state index is 11.1. The summed E-state index contributed by atoms with van der Waals surface area (Å²) in [5.74, 6) is 0. The molecule has 0 saturated heterocycles. The Hall–Kier alpha value is -2.36. The fraction of sp³-hybridized carbons (Fsp3) is 0.143. The van der Waals surface area contributed by atoms with Crippen LogP contribution in [0.15, 0.2) is 28.9 Å². The van der Waals surface area contributed by atoms with Gasteiger partial charge in [-0.2, -0.15) is 5.10 Å². The van der Waals surface area contributed by atoms with Gasteiger partial charge < -0.3 is 4.42 Å². The van der Waals surface area contributed by atoms with Crippen molar-refractivity contribution in [2.75, 3.05) is 0 Å². The molecule has 4 nitrogen and oxygen atoms in total. The minimum Gasteiger partial charge on any atom is -0.464 e. The van der Waals surface area contributed by atoms with Crippen LogP contribution in [0.5, 0.6) is 0 Å². The number of aromatic amines is 1. The summed E-state index contributed by atoms with van der Waals surface area (Å²) in [7, 11) is 0. The molecule has 0 aliphatic heterocycles. The van der Waals surface area contributed by atoms with E-state index in [-0.39, 0.29) is 0 Å². The number of hydrogen-bond donors (Lipinski definition) is 1. The van der Waals surface area contributed by atoms with Gasteiger partial charge in [0.25, 0.3) is 0 Å². The number of hydrogen-bond acceptors (Lipinski definition) is 3. The van der Waals surface area contributed by atoms with Crippen LogP contribution in [0.3, 0.4) is 0 Å². The average molecular weight is 240 g/mol. The molecule has 0 aliphatic rings. The number of nitrogens with zero attached hydrogens (tertiary/aromatic N) is 1. The van der Waals surface area contributed by atoms with E-state index in [1.165, 1.54) is 0 Å². The predicted octanol–water partition coefficient (Wildman–Crippen LogP) is 3.25. The van der Waals surface area contributed by atoms with Crippen molar-refractivity contribution in [3.05, 3.63) is 41.4 Å². The molecule has 18 heavy (non-hydrogen) atoms. The third-order valence-electron chi connectivity index (χ3n) is 3.12. The number of furan rings is 1. The number of aryl methyl sites for hydroxylation is 2. The summed E-state index contributed by atoms with van der Waals surface area (Å²) >= 11 is 0. The van der Waals surface area contributed by atoms with Crippen LogP contribution in [0.25, 0.3) is 22.1 Å². The van der Waals surface area contributed by atoms with Gasteiger partial charge in [-0.1, -0.05) is 0 Å². The highest BCUT2D eigenvalue weighted by atomic mass is 16.3. The van der Waals surface area contributed by atoms with Gasteiger partial charge in [-0.25, -0.2) is 0 Å². The van der Waals surface area contributed by atoms with Crippen LogP contribution >= 0.6 is 0 Å². The van der Waals surface area contributed by atoms with Crippen LogP contribution in [-0.2, 0) is 0 Å². The van der Waals surface area contributed by atoms with E-state index in [4.69, 9.17) is 4.42 Å². The highest BCUT2D eigenvalue weighted by Crippen LogP contribution is 2.30. The van der Waals surface area contributed by atoms with Crippen LogP contribution in [0.4, 0.5) is 0 Å². The first-order valence-corrected chi connectivity index (χ1v) is 5.69. The standard InChI is InChI=1S/C14H12N2O2/c1-8-13(9(2)16-15-8)11-5-10-3-4-18-14(10)12(6-11)7-17/h3-7H,1-2H3,(H,15,16). The second-order valence-corrected chi connectivity index (χ2v) is 4.33. The molecule has 2 aromatic heterocycles. The van der Waals surface area contributed by atoms with Gasteiger partial charge in [-0.05, 0) is 37.6 Å². The van der Waals surface area contributed by atoms with Crippen molar-refractivity contribution >= 4 is 17.3 Å². The highest BCUT2D eigenvalue weighted by Gasteiger charge is 2.13. The highest BCUT2D eigenvalue weighted by molar-refractivity contribution is 5.98. The Kier molecular flexibility index (Phi) is 2.30. The minimum absolute atomic E-state index is 0.563. The van der Waals surface area contributed by atoms with E-state index in [0.29, 0.717) is 11.1 Å². The van der Waals surface area contributed by atoms with Crippen LogP contribution in [0.2, 0.25) is 0 Å². The van der Waals surface area contributed by atoms with Gasteiger partial charge in [0.2, 0.25) is 0 Å². The number of nitrogens with one attached hydrogen (secondary N) is 1. The summed E-state index contributed by atoms with van der Waals surface area (Å²) in [4.78, 5) is 11.1. The Bertz CT molecular complexity index is 718. The molecular weight excluding hydrogens is 228 g/mol. The molecule has 0 radical (unpaired) electrons. The molecule has 4 heteroatoms. The largest absolute Gasteiger partial charge is 0.464 e. The molecule has 90 valence electrons. The molecular formula is C14H12N2O2. The molecule has 0 aliphatic carbocycles. The third-order valence-corrected chi connectivity index (χ3v) is 3.12. The molecule has 0 atom stereocenters. The fourth-order valence-corrected chi connectivity index (χ4v) is 2.32. The van der Waals surface area contributed by atoms with E-state index in [1.807, 2.05) is 32.0 Å². The van der Waals surface area contributed by atoms with Crippen molar-refractivity contribution in [1.82, 2.24) is 10.2 Å². The normalized spacial score (nSPS) is 11.0. The number of carbonyl (C=O) groups excluding carboxylic acids is 1. The van der Waals surface area contributed by atoms with Gasteiger partial charge in [-0.3, -0.25) is 9.89 Å². The lowest BCUT2D eigenvalue weighted by Crippen LogP contribution is -1.87. The molecule has 3 rings (SSSR count). The Labute approximate surface area is 104 Å². The maximum atomic E-state index is 11.1. The monoisotopic (exact) mass is 240 g/mol. The second-order valence-electron chi connectivity index (χ2n) is 4.33. The Morgan fingerprint density at radius 3 is 2.83 bits per heavy atom. The number of aromatic nitrogens is 2. The minimum atomic E-state index is 0.563. The van der Waals surface area contributed by atoms with E-state index in [9.17, 15) is 4.79 Å². The van der Waals surface area contributed by atoms with Crippen molar-refractivity contribution in [2.24, 2.45) is 0 Å². The zero-order chi connectivity index (χ0) is 12.7. The molecule has 0 spiro atoms. The smallest absolute Gasteiger partial charge is 0.153 e. The number of rotatable bonds is 2. The Balaban J connectivity index is 2.33. The molecule has 2 heterocycles. The van der Waals surface area contributed by atoms with Crippen molar-refractivity contribution in [1.29, 1.82) is 0 Å². The Morgan fingerprint density at radius 2 is 2.17 bits per heavy atom. The van der Waals surface area contributed by atoms with Gasteiger partial charge in [-0.15, -0.1) is 0 Å². The number of benzene rings is 1.